The van der Waals surface area contributed by atoms with Crippen molar-refractivity contribution in [3.8, 4) is 0 Å². The van der Waals surface area contributed by atoms with Gasteiger partial charge in [-0.1, -0.05) is 26.8 Å². The minimum atomic E-state index is -3.66. The van der Waals surface area contributed by atoms with E-state index in [9.17, 15) is 18.0 Å². The highest BCUT2D eigenvalue weighted by atomic mass is 32.2. The van der Waals surface area contributed by atoms with E-state index < -0.39 is 10.0 Å². The Morgan fingerprint density at radius 2 is 1.73 bits per heavy atom. The van der Waals surface area contributed by atoms with Crippen molar-refractivity contribution in [3.63, 3.8) is 0 Å². The van der Waals surface area contributed by atoms with Crippen LogP contribution in [-0.2, 0) is 14.8 Å². The maximum Gasteiger partial charge on any atom is 0.254 e. The molecular formula is C18H29N3O4S. The van der Waals surface area contributed by atoms with Gasteiger partial charge in [0.2, 0.25) is 15.9 Å². The summed E-state index contributed by atoms with van der Waals surface area (Å²) in [5.74, 6) is -0.610. The summed E-state index contributed by atoms with van der Waals surface area (Å²) in [6.45, 7) is 8.28. The first-order valence-corrected chi connectivity index (χ1v) is 10.3. The lowest BCUT2D eigenvalue weighted by Gasteiger charge is -2.23. The Labute approximate surface area is 156 Å². The molecule has 0 unspecified atom stereocenters. The van der Waals surface area contributed by atoms with Gasteiger partial charge in [-0.05, 0) is 31.0 Å². The third-order valence-electron chi connectivity index (χ3n) is 4.18. The fraction of sp³-hybridized carbons (Fsp3) is 0.556. The fourth-order valence-corrected chi connectivity index (χ4v) is 4.13. The lowest BCUT2D eigenvalue weighted by Crippen LogP contribution is -2.40. The number of likely N-dealkylation sites (N-methyl/N-ethyl adjacent to an activating group) is 1. The van der Waals surface area contributed by atoms with E-state index in [0.717, 1.165) is 0 Å². The number of benzene rings is 1. The maximum atomic E-state index is 12.9. The molecule has 0 aliphatic carbocycles. The summed E-state index contributed by atoms with van der Waals surface area (Å²) in [5, 5.41) is 2.51. The molecule has 0 radical (unpaired) electrons. The van der Waals surface area contributed by atoms with E-state index >= 15 is 0 Å². The number of carbonyl (C=O) groups excluding carboxylic acids is 2. The molecule has 0 atom stereocenters. The highest BCUT2D eigenvalue weighted by molar-refractivity contribution is 7.89. The number of sulfonamides is 1. The molecule has 0 saturated carbocycles. The highest BCUT2D eigenvalue weighted by Crippen LogP contribution is 2.21. The van der Waals surface area contributed by atoms with Crippen molar-refractivity contribution in [2.45, 2.75) is 39.0 Å². The van der Waals surface area contributed by atoms with Crippen LogP contribution in [0, 0.1) is 6.92 Å². The summed E-state index contributed by atoms with van der Waals surface area (Å²) in [4.78, 5) is 26.2. The maximum absolute atomic E-state index is 12.9. The Kier molecular flexibility index (Phi) is 8.23. The van der Waals surface area contributed by atoms with E-state index in [-0.39, 0.29) is 23.3 Å². The molecule has 1 aromatic rings. The third-order valence-corrected chi connectivity index (χ3v) is 6.22. The number of rotatable bonds is 9. The number of hydrogen-bond acceptors (Lipinski definition) is 4. The molecule has 1 rings (SSSR count). The fourth-order valence-electron chi connectivity index (χ4n) is 2.65. The van der Waals surface area contributed by atoms with Gasteiger partial charge in [0, 0.05) is 32.2 Å². The predicted molar refractivity (Wildman–Crippen MR) is 102 cm³/mol. The summed E-state index contributed by atoms with van der Waals surface area (Å²) in [6.07, 6.45) is 0.694. The van der Waals surface area contributed by atoms with Gasteiger partial charge in [0.25, 0.3) is 5.91 Å². The summed E-state index contributed by atoms with van der Waals surface area (Å²) >= 11 is 0. The van der Waals surface area contributed by atoms with Crippen LogP contribution in [0.25, 0.3) is 0 Å². The van der Waals surface area contributed by atoms with Crippen molar-refractivity contribution in [2.24, 2.45) is 0 Å². The number of hydrogen-bond donors (Lipinski definition) is 1. The molecule has 0 heterocycles. The highest BCUT2D eigenvalue weighted by Gasteiger charge is 2.25. The van der Waals surface area contributed by atoms with Gasteiger partial charge >= 0.3 is 0 Å². The summed E-state index contributed by atoms with van der Waals surface area (Å²) in [6, 6.07) is 4.56. The molecule has 7 nitrogen and oxygen atoms in total. The first-order chi connectivity index (χ1) is 12.2. The number of aryl methyl sites for hydroxylation is 1. The molecular weight excluding hydrogens is 354 g/mol. The molecule has 0 aliphatic rings. The van der Waals surface area contributed by atoms with Crippen LogP contribution in [-0.4, -0.2) is 62.7 Å². The third kappa shape index (κ3) is 5.04. The van der Waals surface area contributed by atoms with Gasteiger partial charge < -0.3 is 10.2 Å². The molecule has 0 fully saturated rings. The van der Waals surface area contributed by atoms with Crippen LogP contribution < -0.4 is 5.32 Å². The van der Waals surface area contributed by atoms with E-state index in [1.54, 1.807) is 26.8 Å². The quantitative estimate of drug-likeness (QED) is 0.702. The molecule has 2 amide bonds. The molecule has 0 spiro atoms. The zero-order chi connectivity index (χ0) is 19.9. The zero-order valence-corrected chi connectivity index (χ0v) is 17.0. The molecule has 1 aromatic carbocycles. The minimum absolute atomic E-state index is 0.0599. The number of amides is 2. The van der Waals surface area contributed by atoms with Gasteiger partial charge in [-0.15, -0.1) is 0 Å². The Morgan fingerprint density at radius 3 is 2.23 bits per heavy atom. The molecule has 0 bridgehead atoms. The van der Waals surface area contributed by atoms with Crippen molar-refractivity contribution >= 4 is 21.8 Å². The lowest BCUT2D eigenvalue weighted by atomic mass is 10.1. The number of carbonyl (C=O) groups is 2. The van der Waals surface area contributed by atoms with Crippen molar-refractivity contribution in [1.29, 1.82) is 0 Å². The van der Waals surface area contributed by atoms with Gasteiger partial charge in [0.1, 0.15) is 0 Å². The second kappa shape index (κ2) is 9.68. The minimum Gasteiger partial charge on any atom is -0.358 e. The van der Waals surface area contributed by atoms with E-state index in [4.69, 9.17) is 0 Å². The molecule has 26 heavy (non-hydrogen) atoms. The van der Waals surface area contributed by atoms with E-state index in [1.807, 2.05) is 6.92 Å². The largest absolute Gasteiger partial charge is 0.358 e. The van der Waals surface area contributed by atoms with Gasteiger partial charge in [-0.25, -0.2) is 8.42 Å². The van der Waals surface area contributed by atoms with Crippen LogP contribution in [0.1, 0.15) is 43.1 Å². The van der Waals surface area contributed by atoms with Gasteiger partial charge in [-0.3, -0.25) is 9.59 Å². The van der Waals surface area contributed by atoms with Crippen molar-refractivity contribution in [3.05, 3.63) is 29.3 Å². The average molecular weight is 384 g/mol. The normalized spacial score (nSPS) is 11.5. The van der Waals surface area contributed by atoms with Crippen LogP contribution in [0.3, 0.4) is 0 Å². The molecule has 0 aliphatic heterocycles. The molecule has 8 heteroatoms. The smallest absolute Gasteiger partial charge is 0.254 e. The number of nitrogens with one attached hydrogen (secondary N) is 1. The monoisotopic (exact) mass is 383 g/mol. The van der Waals surface area contributed by atoms with Crippen molar-refractivity contribution in [2.75, 3.05) is 33.2 Å². The van der Waals surface area contributed by atoms with Crippen molar-refractivity contribution < 1.29 is 18.0 Å². The standard InChI is InChI=1S/C18H29N3O4S/c1-6-11-20(13-17(22)19-5)18(23)16-12-15(10-9-14(16)4)26(24,25)21(7-2)8-3/h9-10,12H,6-8,11,13H2,1-5H3,(H,19,22). The van der Waals surface area contributed by atoms with Crippen LogP contribution in [0.2, 0.25) is 0 Å². The Bertz CT molecular complexity index is 743. The summed E-state index contributed by atoms with van der Waals surface area (Å²) < 4.78 is 26.8. The van der Waals surface area contributed by atoms with Gasteiger partial charge in [-0.2, -0.15) is 4.31 Å². The molecule has 0 aromatic heterocycles. The van der Waals surface area contributed by atoms with E-state index in [1.165, 1.54) is 28.4 Å². The van der Waals surface area contributed by atoms with Crippen LogP contribution in [0.5, 0.6) is 0 Å². The van der Waals surface area contributed by atoms with Gasteiger partial charge in [0.05, 0.1) is 11.4 Å². The van der Waals surface area contributed by atoms with Crippen LogP contribution in [0.15, 0.2) is 23.1 Å². The first kappa shape index (κ1) is 22.1. The number of nitrogens with zero attached hydrogens (tertiary/aromatic N) is 2. The van der Waals surface area contributed by atoms with Crippen molar-refractivity contribution in [1.82, 2.24) is 14.5 Å². The van der Waals surface area contributed by atoms with E-state index in [2.05, 4.69) is 5.32 Å². The topological polar surface area (TPSA) is 86.8 Å². The Balaban J connectivity index is 3.31. The Morgan fingerprint density at radius 1 is 1.12 bits per heavy atom. The summed E-state index contributed by atoms with van der Waals surface area (Å²) in [5.41, 5.74) is 0.974. The van der Waals surface area contributed by atoms with Crippen LogP contribution >= 0.6 is 0 Å². The lowest BCUT2D eigenvalue weighted by molar-refractivity contribution is -0.121. The molecule has 146 valence electrons. The summed E-state index contributed by atoms with van der Waals surface area (Å²) in [7, 11) is -2.14. The Hall–Kier alpha value is -1.93. The van der Waals surface area contributed by atoms with Crippen LogP contribution in [0.4, 0.5) is 0 Å². The van der Waals surface area contributed by atoms with Gasteiger partial charge in [0.15, 0.2) is 0 Å². The first-order valence-electron chi connectivity index (χ1n) is 8.83. The van der Waals surface area contributed by atoms with E-state index in [0.29, 0.717) is 37.2 Å². The SMILES string of the molecule is CCCN(CC(=O)NC)C(=O)c1cc(S(=O)(=O)N(CC)CC)ccc1C. The second-order valence-electron chi connectivity index (χ2n) is 5.97. The predicted octanol–water partition coefficient (Wildman–Crippen LogP) is 1.62. The molecule has 0 saturated heterocycles. The average Bonchev–Trinajstić information content (AvgIpc) is 2.61. The second-order valence-corrected chi connectivity index (χ2v) is 7.90. The zero-order valence-electron chi connectivity index (χ0n) is 16.2. The molecule has 1 N–H and O–H groups in total.